The highest BCUT2D eigenvalue weighted by molar-refractivity contribution is 4.50. The molecule has 0 aromatic carbocycles. The lowest BCUT2D eigenvalue weighted by atomic mass is 11.0. The summed E-state index contributed by atoms with van der Waals surface area (Å²) in [6, 6.07) is 0. The van der Waals surface area contributed by atoms with Gasteiger partial charge in [0.2, 0.25) is 0 Å². The van der Waals surface area contributed by atoms with Crippen molar-refractivity contribution < 1.29 is 0 Å². The average Bonchev–Trinajstić information content (AvgIpc) is 1.46. The Bertz CT molecular complexity index is 8.00. The lowest BCUT2D eigenvalue weighted by Crippen LogP contribution is -0.856. The van der Waals surface area contributed by atoms with Gasteiger partial charge in [0.15, 0.2) is 0 Å². The predicted octanol–water partition coefficient (Wildman–Crippen LogP) is 1.55. The van der Waals surface area contributed by atoms with Crippen molar-refractivity contribution in [3.63, 3.8) is 0 Å². The van der Waals surface area contributed by atoms with Gasteiger partial charge < -0.3 is 6.15 Å². The molecule has 0 atom stereocenters. The molecule has 0 bridgehead atoms. The Morgan fingerprint density at radius 2 is 1.00 bits per heavy atom. The molecule has 4 N–H and O–H groups in total. The van der Waals surface area contributed by atoms with Crippen LogP contribution in [-0.2, 0) is 0 Å². The zero-order valence-electron chi connectivity index (χ0n) is 3.12. The summed E-state index contributed by atoms with van der Waals surface area (Å²) in [6.07, 6.45) is 4.50. The molecule has 0 aliphatic heterocycles. The van der Waals surface area contributed by atoms with Gasteiger partial charge in [-0.2, -0.15) is 0 Å². The zero-order valence-corrected chi connectivity index (χ0v) is 3.12. The molecule has 26 valence electrons. The normalized spacial score (nSPS) is 18.0. The van der Waals surface area contributed by atoms with Crippen LogP contribution in [-0.4, -0.2) is 0 Å². The summed E-state index contributed by atoms with van der Waals surface area (Å²) in [5.74, 6) is 0. The summed E-state index contributed by atoms with van der Waals surface area (Å²) < 4.78 is 0. The third-order valence-corrected chi connectivity index (χ3v) is 0.354. The van der Waals surface area contributed by atoms with Crippen LogP contribution >= 0.6 is 0 Å². The minimum atomic E-state index is 0. The first-order chi connectivity index (χ1) is 1.50. The maximum absolute atomic E-state index is 1.50. The topological polar surface area (TPSA) is 36.5 Å². The average molecular weight is 60.1 g/mol. The molecule has 0 spiro atoms. The van der Waals surface area contributed by atoms with Gasteiger partial charge in [-0.15, -0.1) is 0 Å². The van der Waals surface area contributed by atoms with Crippen molar-refractivity contribution in [1.29, 1.82) is 0 Å². The van der Waals surface area contributed by atoms with Crippen LogP contribution in [0.4, 0.5) is 0 Å². The summed E-state index contributed by atoms with van der Waals surface area (Å²) in [5, 5.41) is 0. The van der Waals surface area contributed by atoms with Gasteiger partial charge in [0.05, 0.1) is 0 Å². The lowest BCUT2D eigenvalue weighted by molar-refractivity contribution is 1.50. The Morgan fingerprint density at radius 1 is 0.750 bits per heavy atom. The molecule has 0 amide bonds. The highest BCUT2D eigenvalue weighted by atomic mass is 14.0. The summed E-state index contributed by atoms with van der Waals surface area (Å²) in [5.41, 5.74) is 0. The number of hydrogen-bond acceptors (Lipinski definition) is 0. The summed E-state index contributed by atoms with van der Waals surface area (Å²) >= 11 is 0. The second-order valence-electron chi connectivity index (χ2n) is 1.06. The van der Waals surface area contributed by atoms with Crippen LogP contribution in [0.1, 0.15) is 19.3 Å². The van der Waals surface area contributed by atoms with E-state index in [9.17, 15) is 0 Å². The molecule has 0 radical (unpaired) electrons. The fourth-order valence-corrected chi connectivity index (χ4v) is 0. The third kappa shape index (κ3) is 1.96. The van der Waals surface area contributed by atoms with Crippen molar-refractivity contribution >= 4 is 0 Å². The van der Waals surface area contributed by atoms with Gasteiger partial charge in [-0.25, -0.2) is 0 Å². The van der Waals surface area contributed by atoms with Crippen molar-refractivity contribution in [2.45, 2.75) is 19.3 Å². The van der Waals surface area contributed by atoms with Gasteiger partial charge in [0.1, 0.15) is 0 Å². The third-order valence-electron chi connectivity index (χ3n) is 0.354. The highest BCUT2D eigenvalue weighted by Crippen LogP contribution is 2.14. The summed E-state index contributed by atoms with van der Waals surface area (Å²) in [7, 11) is 0. The SMILES string of the molecule is C1CC1.[NH4+]. The van der Waals surface area contributed by atoms with E-state index < -0.39 is 0 Å². The zero-order chi connectivity index (χ0) is 2.12. The molecule has 1 rings (SSSR count). The summed E-state index contributed by atoms with van der Waals surface area (Å²) in [6.45, 7) is 0. The number of hydrogen-bond donors (Lipinski definition) is 1. The van der Waals surface area contributed by atoms with Crippen LogP contribution in [0, 0.1) is 0 Å². The molecular formula is C3H10N+. The van der Waals surface area contributed by atoms with E-state index in [1.54, 1.807) is 0 Å². The second-order valence-corrected chi connectivity index (χ2v) is 1.06. The van der Waals surface area contributed by atoms with Crippen molar-refractivity contribution in [1.82, 2.24) is 6.15 Å². The quantitative estimate of drug-likeness (QED) is 0.440. The van der Waals surface area contributed by atoms with E-state index in [-0.39, 0.29) is 6.15 Å². The van der Waals surface area contributed by atoms with Crippen molar-refractivity contribution in [2.24, 2.45) is 0 Å². The van der Waals surface area contributed by atoms with Gasteiger partial charge in [-0.05, 0) is 0 Å². The largest absolute Gasteiger partial charge is 0.369 e. The van der Waals surface area contributed by atoms with E-state index in [4.69, 9.17) is 0 Å². The maximum Gasteiger partial charge on any atom is -0.0533 e. The van der Waals surface area contributed by atoms with Crippen LogP contribution in [0.5, 0.6) is 0 Å². The molecule has 4 heavy (non-hydrogen) atoms. The van der Waals surface area contributed by atoms with Crippen LogP contribution in [0.15, 0.2) is 0 Å². The molecule has 1 fully saturated rings. The van der Waals surface area contributed by atoms with E-state index in [1.165, 1.54) is 19.3 Å². The Labute approximate surface area is 26.6 Å². The molecule has 1 aliphatic rings. The van der Waals surface area contributed by atoms with Gasteiger partial charge in [-0.1, -0.05) is 19.3 Å². The number of rotatable bonds is 0. The Hall–Kier alpha value is -0.0400. The Morgan fingerprint density at radius 3 is 1.00 bits per heavy atom. The first kappa shape index (κ1) is 3.96. The minimum absolute atomic E-state index is 0. The van der Waals surface area contributed by atoms with Crippen molar-refractivity contribution in [3.05, 3.63) is 0 Å². The molecular weight excluding hydrogens is 50.0 g/mol. The molecule has 0 aromatic heterocycles. The van der Waals surface area contributed by atoms with Gasteiger partial charge >= 0.3 is 0 Å². The van der Waals surface area contributed by atoms with Crippen LogP contribution < -0.4 is 6.15 Å². The van der Waals surface area contributed by atoms with E-state index >= 15 is 0 Å². The molecule has 1 saturated carbocycles. The van der Waals surface area contributed by atoms with E-state index in [0.29, 0.717) is 0 Å². The van der Waals surface area contributed by atoms with E-state index in [2.05, 4.69) is 0 Å². The fraction of sp³-hybridized carbons (Fsp3) is 1.00. The van der Waals surface area contributed by atoms with Crippen LogP contribution in [0.3, 0.4) is 0 Å². The monoisotopic (exact) mass is 60.1 g/mol. The van der Waals surface area contributed by atoms with E-state index in [0.717, 1.165) is 0 Å². The minimum Gasteiger partial charge on any atom is -0.369 e. The Kier molecular flexibility index (Phi) is 1.28. The molecule has 0 saturated heterocycles. The fourth-order valence-electron chi connectivity index (χ4n) is 0. The van der Waals surface area contributed by atoms with Crippen molar-refractivity contribution in [2.75, 3.05) is 0 Å². The molecule has 1 nitrogen and oxygen atoms in total. The first-order valence-electron chi connectivity index (χ1n) is 1.50. The summed E-state index contributed by atoms with van der Waals surface area (Å²) in [4.78, 5) is 0. The first-order valence-corrected chi connectivity index (χ1v) is 1.50. The molecule has 0 heterocycles. The van der Waals surface area contributed by atoms with Gasteiger partial charge in [0, 0.05) is 0 Å². The lowest BCUT2D eigenvalue weighted by Gasteiger charge is -1.05. The molecule has 1 aliphatic carbocycles. The Balaban J connectivity index is 0.0000000900. The molecule has 0 aromatic rings. The van der Waals surface area contributed by atoms with E-state index in [1.807, 2.05) is 0 Å². The molecule has 0 unspecified atom stereocenters. The van der Waals surface area contributed by atoms with Crippen LogP contribution in [0.25, 0.3) is 0 Å². The van der Waals surface area contributed by atoms with Crippen molar-refractivity contribution in [3.8, 4) is 0 Å². The predicted molar refractivity (Wildman–Crippen MR) is 19.8 cm³/mol. The standard InChI is InChI=1S/C3H6.H3N/c1-2-3-1;/h1-3H2;1H3/p+1. The number of quaternary nitrogens is 1. The van der Waals surface area contributed by atoms with Gasteiger partial charge in [0.25, 0.3) is 0 Å². The van der Waals surface area contributed by atoms with Gasteiger partial charge in [-0.3, -0.25) is 0 Å². The van der Waals surface area contributed by atoms with Crippen LogP contribution in [0.2, 0.25) is 0 Å². The second kappa shape index (κ2) is 1.30. The molecule has 1 heteroatoms. The highest BCUT2D eigenvalue weighted by Gasteiger charge is 1.95. The maximum atomic E-state index is 1.50. The smallest absolute Gasteiger partial charge is 0.0533 e.